The fourth-order valence-corrected chi connectivity index (χ4v) is 6.24. The number of benzene rings is 2. The Morgan fingerprint density at radius 1 is 1.12 bits per heavy atom. The first-order valence-electron chi connectivity index (χ1n) is 10.4. The maximum absolute atomic E-state index is 15.0. The zero-order valence-electron chi connectivity index (χ0n) is 17.2. The van der Waals surface area contributed by atoms with Crippen molar-refractivity contribution in [3.63, 3.8) is 0 Å². The minimum Gasteiger partial charge on any atom is -0.292 e. The van der Waals surface area contributed by atoms with Crippen molar-refractivity contribution < 1.29 is 17.2 Å². The SMILES string of the molecule is O=S(=O)(Nc1ncns1)c1cc(F)c(CN2CCC3(CC3)C[C@H]2c2ccccc2)cc1F. The second kappa shape index (κ2) is 8.17. The summed E-state index contributed by atoms with van der Waals surface area (Å²) in [6, 6.07) is 12.0. The highest BCUT2D eigenvalue weighted by molar-refractivity contribution is 7.93. The molecule has 1 aliphatic carbocycles. The molecule has 10 heteroatoms. The highest BCUT2D eigenvalue weighted by atomic mass is 32.2. The van der Waals surface area contributed by atoms with Gasteiger partial charge in [-0.15, -0.1) is 0 Å². The van der Waals surface area contributed by atoms with Crippen LogP contribution in [0.1, 0.15) is 42.9 Å². The number of aromatic nitrogens is 2. The van der Waals surface area contributed by atoms with Crippen LogP contribution in [0.15, 0.2) is 53.7 Å². The summed E-state index contributed by atoms with van der Waals surface area (Å²) in [5, 5.41) is -0.0121. The summed E-state index contributed by atoms with van der Waals surface area (Å²) in [6.45, 7) is 1.00. The van der Waals surface area contributed by atoms with Crippen molar-refractivity contribution >= 4 is 26.7 Å². The third-order valence-electron chi connectivity index (χ3n) is 6.48. The Bertz CT molecular complexity index is 1220. The van der Waals surface area contributed by atoms with Crippen LogP contribution >= 0.6 is 11.5 Å². The number of likely N-dealkylation sites (tertiary alicyclic amines) is 1. The lowest BCUT2D eigenvalue weighted by atomic mass is 9.84. The smallest absolute Gasteiger partial charge is 0.266 e. The molecule has 1 N–H and O–H groups in total. The van der Waals surface area contributed by atoms with Crippen molar-refractivity contribution in [1.29, 1.82) is 0 Å². The van der Waals surface area contributed by atoms with Gasteiger partial charge in [0.25, 0.3) is 10.0 Å². The van der Waals surface area contributed by atoms with Gasteiger partial charge in [0.1, 0.15) is 22.9 Å². The Kier molecular flexibility index (Phi) is 5.47. The Morgan fingerprint density at radius 3 is 2.59 bits per heavy atom. The molecule has 6 nitrogen and oxygen atoms in total. The molecule has 0 unspecified atom stereocenters. The van der Waals surface area contributed by atoms with Crippen LogP contribution in [-0.4, -0.2) is 29.2 Å². The molecular weight excluding hydrogens is 454 g/mol. The molecule has 32 heavy (non-hydrogen) atoms. The van der Waals surface area contributed by atoms with Gasteiger partial charge in [-0.3, -0.25) is 9.62 Å². The number of rotatable bonds is 6. The summed E-state index contributed by atoms with van der Waals surface area (Å²) in [5.41, 5.74) is 1.69. The first kappa shape index (κ1) is 21.4. The van der Waals surface area contributed by atoms with E-state index in [1.807, 2.05) is 18.2 Å². The minimum atomic E-state index is -4.32. The van der Waals surface area contributed by atoms with E-state index in [0.717, 1.165) is 43.1 Å². The minimum absolute atomic E-state index is 0.0121. The number of anilines is 1. The molecule has 1 aliphatic heterocycles. The van der Waals surface area contributed by atoms with E-state index in [9.17, 15) is 17.2 Å². The third-order valence-corrected chi connectivity index (χ3v) is 8.55. The Morgan fingerprint density at radius 2 is 1.91 bits per heavy atom. The van der Waals surface area contributed by atoms with Gasteiger partial charge in [-0.2, -0.15) is 4.37 Å². The molecule has 5 rings (SSSR count). The van der Waals surface area contributed by atoms with Crippen molar-refractivity contribution in [2.45, 2.75) is 43.2 Å². The molecule has 1 atom stereocenters. The van der Waals surface area contributed by atoms with Gasteiger partial charge >= 0.3 is 0 Å². The first-order valence-corrected chi connectivity index (χ1v) is 12.7. The average molecular weight is 477 g/mol. The van der Waals surface area contributed by atoms with Gasteiger partial charge in [-0.05, 0) is 55.3 Å². The van der Waals surface area contributed by atoms with Gasteiger partial charge in [0.2, 0.25) is 5.13 Å². The number of nitrogens with one attached hydrogen (secondary N) is 1. The van der Waals surface area contributed by atoms with Crippen LogP contribution in [0.2, 0.25) is 0 Å². The third kappa shape index (κ3) is 4.26. The van der Waals surface area contributed by atoms with Crippen LogP contribution < -0.4 is 4.72 Å². The molecule has 2 heterocycles. The van der Waals surface area contributed by atoms with Gasteiger partial charge in [0.05, 0.1) is 0 Å². The molecule has 0 radical (unpaired) electrons. The zero-order valence-corrected chi connectivity index (χ0v) is 18.8. The van der Waals surface area contributed by atoms with Crippen LogP contribution in [0, 0.1) is 17.0 Å². The number of nitrogens with zero attached hydrogens (tertiary/aromatic N) is 3. The summed E-state index contributed by atoms with van der Waals surface area (Å²) in [4.78, 5) is 5.15. The normalized spacial score (nSPS) is 20.4. The van der Waals surface area contributed by atoms with Gasteiger partial charge in [-0.1, -0.05) is 30.3 Å². The van der Waals surface area contributed by atoms with Gasteiger partial charge in [-0.25, -0.2) is 22.2 Å². The quantitative estimate of drug-likeness (QED) is 0.557. The molecule has 1 saturated carbocycles. The van der Waals surface area contributed by atoms with E-state index in [1.54, 1.807) is 0 Å². The zero-order chi connectivity index (χ0) is 22.3. The van der Waals surface area contributed by atoms with Crippen LogP contribution in [0.4, 0.5) is 13.9 Å². The predicted octanol–water partition coefficient (Wildman–Crippen LogP) is 4.73. The van der Waals surface area contributed by atoms with Gasteiger partial charge < -0.3 is 0 Å². The van der Waals surface area contributed by atoms with Crippen LogP contribution in [0.5, 0.6) is 0 Å². The molecule has 0 bridgehead atoms. The number of piperidine rings is 1. The molecule has 2 aliphatic rings. The summed E-state index contributed by atoms with van der Waals surface area (Å²) in [7, 11) is -4.32. The summed E-state index contributed by atoms with van der Waals surface area (Å²) in [6.07, 6.45) is 5.66. The lowest BCUT2D eigenvalue weighted by Crippen LogP contribution is -2.37. The lowest BCUT2D eigenvalue weighted by molar-refractivity contribution is 0.0928. The molecule has 168 valence electrons. The van der Waals surface area contributed by atoms with Gasteiger partial charge in [0, 0.05) is 29.7 Å². The molecule has 1 spiro atoms. The standard InChI is InChI=1S/C22H22F2N4O2S2/c23-17-11-20(32(29,30)27-21-25-14-26-31-21)18(24)10-16(17)13-28-9-8-22(6-7-22)12-19(28)15-4-2-1-3-5-15/h1-5,10-11,14,19H,6-9,12-13H2,(H,25,26,27)/t19-/m0/s1. The number of halogens is 2. The van der Waals surface area contributed by atoms with E-state index in [4.69, 9.17) is 0 Å². The Labute approximate surface area is 189 Å². The highest BCUT2D eigenvalue weighted by Crippen LogP contribution is 2.58. The highest BCUT2D eigenvalue weighted by Gasteiger charge is 2.48. The average Bonchev–Trinajstić information content (AvgIpc) is 3.33. The van der Waals surface area contributed by atoms with E-state index in [0.29, 0.717) is 5.41 Å². The second-order valence-electron chi connectivity index (χ2n) is 8.58. The maximum Gasteiger partial charge on any atom is 0.266 e. The molecule has 3 aromatic rings. The number of hydrogen-bond acceptors (Lipinski definition) is 6. The summed E-state index contributed by atoms with van der Waals surface area (Å²) < 4.78 is 60.6. The number of hydrogen-bond donors (Lipinski definition) is 1. The van der Waals surface area contributed by atoms with Crippen molar-refractivity contribution in [2.24, 2.45) is 5.41 Å². The van der Waals surface area contributed by atoms with E-state index in [-0.39, 0.29) is 23.3 Å². The van der Waals surface area contributed by atoms with Crippen LogP contribution in [0.3, 0.4) is 0 Å². The topological polar surface area (TPSA) is 75.2 Å². The second-order valence-corrected chi connectivity index (χ2v) is 11.0. The Hall–Kier alpha value is -2.43. The lowest BCUT2D eigenvalue weighted by Gasteiger charge is -2.40. The molecule has 2 fully saturated rings. The molecule has 1 saturated heterocycles. The molecule has 1 aromatic heterocycles. The largest absolute Gasteiger partial charge is 0.292 e. The molecule has 2 aromatic carbocycles. The van der Waals surface area contributed by atoms with Gasteiger partial charge in [0.15, 0.2) is 0 Å². The van der Waals surface area contributed by atoms with E-state index in [2.05, 4.69) is 31.1 Å². The fraction of sp³-hybridized carbons (Fsp3) is 0.364. The van der Waals surface area contributed by atoms with E-state index < -0.39 is 26.6 Å². The van der Waals surface area contributed by atoms with E-state index >= 15 is 0 Å². The summed E-state index contributed by atoms with van der Waals surface area (Å²) >= 11 is 0.810. The first-order chi connectivity index (χ1) is 15.4. The fourth-order valence-electron chi connectivity index (χ4n) is 4.51. The maximum atomic E-state index is 15.0. The van der Waals surface area contributed by atoms with Crippen molar-refractivity contribution in [1.82, 2.24) is 14.3 Å². The Balaban J connectivity index is 1.40. The number of sulfonamides is 1. The molecule has 0 amide bonds. The van der Waals surface area contributed by atoms with Crippen LogP contribution in [0.25, 0.3) is 0 Å². The summed E-state index contributed by atoms with van der Waals surface area (Å²) in [5.74, 6) is -1.74. The van der Waals surface area contributed by atoms with Crippen molar-refractivity contribution in [3.05, 3.63) is 71.6 Å². The predicted molar refractivity (Wildman–Crippen MR) is 118 cm³/mol. The van der Waals surface area contributed by atoms with E-state index in [1.165, 1.54) is 24.7 Å². The van der Waals surface area contributed by atoms with Crippen LogP contribution in [-0.2, 0) is 16.6 Å². The van der Waals surface area contributed by atoms with Crippen molar-refractivity contribution in [2.75, 3.05) is 11.3 Å². The van der Waals surface area contributed by atoms with Crippen molar-refractivity contribution in [3.8, 4) is 0 Å². The molecular formula is C22H22F2N4O2S2. The monoisotopic (exact) mass is 476 g/mol.